The second-order valence-electron chi connectivity index (χ2n) is 4.68. The Balaban J connectivity index is 0.000000282. The highest BCUT2D eigenvalue weighted by Gasteiger charge is 2.20. The number of hydrogen-bond acceptors (Lipinski definition) is 2. The Morgan fingerprint density at radius 1 is 0.952 bits per heavy atom. The lowest BCUT2D eigenvalue weighted by Crippen LogP contribution is -2.14. The zero-order valence-corrected chi connectivity index (χ0v) is 12.2. The van der Waals surface area contributed by atoms with Gasteiger partial charge < -0.3 is 19.4 Å². The quantitative estimate of drug-likeness (QED) is 0.705. The van der Waals surface area contributed by atoms with Gasteiger partial charge >= 0.3 is 7.82 Å². The van der Waals surface area contributed by atoms with Crippen LogP contribution in [0.15, 0.2) is 54.6 Å². The summed E-state index contributed by atoms with van der Waals surface area (Å²) in [4.78, 5) is 21.6. The lowest BCUT2D eigenvalue weighted by molar-refractivity contribution is 0.176. The number of hydrogen-bond donors (Lipinski definition) is 3. The minimum absolute atomic E-state index is 0.219. The Labute approximate surface area is 123 Å². The van der Waals surface area contributed by atoms with Gasteiger partial charge in [0, 0.05) is 0 Å². The molecule has 3 rings (SSSR count). The van der Waals surface area contributed by atoms with E-state index in [9.17, 15) is 0 Å². The molecular formula is C15H17O5P. The topological polar surface area (TPSA) is 87.0 Å². The number of ether oxygens (including phenoxy) is 1. The molecule has 1 heterocycles. The summed E-state index contributed by atoms with van der Waals surface area (Å²) >= 11 is 0. The first kappa shape index (κ1) is 15.7. The molecule has 0 saturated carbocycles. The van der Waals surface area contributed by atoms with E-state index in [0.29, 0.717) is 0 Å². The van der Waals surface area contributed by atoms with Crippen molar-refractivity contribution in [1.82, 2.24) is 0 Å². The molecule has 0 fully saturated rings. The molecule has 0 aromatic heterocycles. The van der Waals surface area contributed by atoms with Gasteiger partial charge in [-0.2, -0.15) is 0 Å². The van der Waals surface area contributed by atoms with E-state index in [1.54, 1.807) is 0 Å². The predicted molar refractivity (Wildman–Crippen MR) is 78.8 cm³/mol. The average Bonchev–Trinajstić information content (AvgIpc) is 2.46. The van der Waals surface area contributed by atoms with Crippen molar-refractivity contribution in [2.24, 2.45) is 0 Å². The molecule has 0 aliphatic carbocycles. The summed E-state index contributed by atoms with van der Waals surface area (Å²) in [6.45, 7) is 0. The van der Waals surface area contributed by atoms with Gasteiger partial charge in [0.1, 0.15) is 11.9 Å². The van der Waals surface area contributed by atoms with Crippen molar-refractivity contribution >= 4 is 7.82 Å². The van der Waals surface area contributed by atoms with Gasteiger partial charge in [-0.25, -0.2) is 4.57 Å². The number of benzene rings is 2. The Hall–Kier alpha value is -1.65. The molecule has 1 unspecified atom stereocenters. The number of para-hydroxylation sites is 1. The van der Waals surface area contributed by atoms with E-state index < -0.39 is 7.82 Å². The van der Waals surface area contributed by atoms with Crippen molar-refractivity contribution in [1.29, 1.82) is 0 Å². The first-order valence-electron chi connectivity index (χ1n) is 6.51. The second-order valence-corrected chi connectivity index (χ2v) is 5.70. The second kappa shape index (κ2) is 6.87. The fourth-order valence-electron chi connectivity index (χ4n) is 2.23. The third-order valence-electron chi connectivity index (χ3n) is 3.09. The van der Waals surface area contributed by atoms with Gasteiger partial charge in [-0.15, -0.1) is 0 Å². The molecule has 0 amide bonds. The first-order chi connectivity index (χ1) is 9.93. The molecule has 1 aliphatic rings. The summed E-state index contributed by atoms with van der Waals surface area (Å²) in [5.41, 5.74) is 2.60. The van der Waals surface area contributed by atoms with E-state index in [-0.39, 0.29) is 6.10 Å². The minimum atomic E-state index is -4.64. The largest absolute Gasteiger partial charge is 0.485 e. The number of rotatable bonds is 1. The Kier molecular flexibility index (Phi) is 5.15. The van der Waals surface area contributed by atoms with Gasteiger partial charge in [-0.3, -0.25) is 0 Å². The Morgan fingerprint density at radius 3 is 2.19 bits per heavy atom. The molecule has 3 N–H and O–H groups in total. The van der Waals surface area contributed by atoms with Crippen molar-refractivity contribution in [3.05, 3.63) is 65.7 Å². The highest BCUT2D eigenvalue weighted by Crippen LogP contribution is 2.34. The van der Waals surface area contributed by atoms with Gasteiger partial charge in [-0.1, -0.05) is 48.5 Å². The molecule has 112 valence electrons. The summed E-state index contributed by atoms with van der Waals surface area (Å²) < 4.78 is 14.9. The van der Waals surface area contributed by atoms with Gasteiger partial charge in [0.2, 0.25) is 0 Å². The van der Waals surface area contributed by atoms with Crippen molar-refractivity contribution < 1.29 is 24.0 Å². The van der Waals surface area contributed by atoms with Crippen LogP contribution in [0.25, 0.3) is 0 Å². The molecule has 0 saturated heterocycles. The maximum atomic E-state index is 8.88. The zero-order valence-electron chi connectivity index (χ0n) is 11.3. The fourth-order valence-corrected chi connectivity index (χ4v) is 2.23. The predicted octanol–water partition coefficient (Wildman–Crippen LogP) is 2.82. The fraction of sp³-hybridized carbons (Fsp3) is 0.200. The molecular weight excluding hydrogens is 291 g/mol. The lowest BCUT2D eigenvalue weighted by atomic mass is 9.98. The molecule has 6 heteroatoms. The van der Waals surface area contributed by atoms with Gasteiger partial charge in [0.25, 0.3) is 0 Å². The Morgan fingerprint density at radius 2 is 1.52 bits per heavy atom. The highest BCUT2D eigenvalue weighted by atomic mass is 31.2. The van der Waals surface area contributed by atoms with E-state index in [2.05, 4.69) is 42.5 Å². The zero-order chi connectivity index (χ0) is 15.3. The summed E-state index contributed by atoms with van der Waals surface area (Å²) in [6, 6.07) is 18.8. The summed E-state index contributed by atoms with van der Waals surface area (Å²) in [5.74, 6) is 1.04. The SMILES string of the molecule is O=P(O)(O)O.c1ccc(C2CCc3ccccc3O2)cc1. The molecule has 0 radical (unpaired) electrons. The molecule has 2 aromatic carbocycles. The van der Waals surface area contributed by atoms with Crippen LogP contribution in [0.1, 0.15) is 23.7 Å². The van der Waals surface area contributed by atoms with Gasteiger partial charge in [0.15, 0.2) is 0 Å². The van der Waals surface area contributed by atoms with Crippen LogP contribution in [0.2, 0.25) is 0 Å². The molecule has 21 heavy (non-hydrogen) atoms. The lowest BCUT2D eigenvalue weighted by Gasteiger charge is -2.26. The molecule has 2 aromatic rings. The molecule has 5 nitrogen and oxygen atoms in total. The maximum Gasteiger partial charge on any atom is 0.466 e. The van der Waals surface area contributed by atoms with Gasteiger partial charge in [-0.05, 0) is 30.0 Å². The molecule has 1 atom stereocenters. The summed E-state index contributed by atoms with van der Waals surface area (Å²) in [7, 11) is -4.64. The van der Waals surface area contributed by atoms with E-state index in [1.165, 1.54) is 11.1 Å². The molecule has 0 bridgehead atoms. The van der Waals surface area contributed by atoms with E-state index in [1.807, 2.05) is 12.1 Å². The number of fused-ring (bicyclic) bond motifs is 1. The van der Waals surface area contributed by atoms with Crippen LogP contribution in [0.4, 0.5) is 0 Å². The number of phosphoric acid groups is 1. The third-order valence-corrected chi connectivity index (χ3v) is 3.09. The third kappa shape index (κ3) is 5.33. The molecule has 0 spiro atoms. The van der Waals surface area contributed by atoms with E-state index >= 15 is 0 Å². The van der Waals surface area contributed by atoms with Crippen LogP contribution < -0.4 is 4.74 Å². The van der Waals surface area contributed by atoms with Crippen molar-refractivity contribution in [2.45, 2.75) is 18.9 Å². The number of aryl methyl sites for hydroxylation is 1. The average molecular weight is 308 g/mol. The highest BCUT2D eigenvalue weighted by molar-refractivity contribution is 7.45. The minimum Gasteiger partial charge on any atom is -0.485 e. The van der Waals surface area contributed by atoms with Crippen LogP contribution in [-0.2, 0) is 11.0 Å². The van der Waals surface area contributed by atoms with Gasteiger partial charge in [0.05, 0.1) is 0 Å². The van der Waals surface area contributed by atoms with Crippen molar-refractivity contribution in [3.8, 4) is 5.75 Å². The normalized spacial score (nSPS) is 17.0. The van der Waals surface area contributed by atoms with Crippen LogP contribution in [-0.4, -0.2) is 14.7 Å². The monoisotopic (exact) mass is 308 g/mol. The smallest absolute Gasteiger partial charge is 0.466 e. The van der Waals surface area contributed by atoms with E-state index in [4.69, 9.17) is 24.0 Å². The Bertz CT molecular complexity index is 615. The first-order valence-corrected chi connectivity index (χ1v) is 8.08. The van der Waals surface area contributed by atoms with E-state index in [0.717, 1.165) is 18.6 Å². The van der Waals surface area contributed by atoms with Crippen LogP contribution in [0.5, 0.6) is 5.75 Å². The van der Waals surface area contributed by atoms with Crippen LogP contribution in [0.3, 0.4) is 0 Å². The molecule has 1 aliphatic heterocycles. The van der Waals surface area contributed by atoms with Crippen LogP contribution in [0, 0.1) is 0 Å². The maximum absolute atomic E-state index is 8.88. The van der Waals surface area contributed by atoms with Crippen LogP contribution >= 0.6 is 7.82 Å². The summed E-state index contributed by atoms with van der Waals surface area (Å²) in [6.07, 6.45) is 2.40. The standard InChI is InChI=1S/C15H14O.H3O4P/c1-2-6-12(7-3-1)15-11-10-13-8-4-5-9-14(13)16-15;1-5(2,3)4/h1-9,15H,10-11H2;(H3,1,2,3,4). The summed E-state index contributed by atoms with van der Waals surface area (Å²) in [5, 5.41) is 0. The van der Waals surface area contributed by atoms with Crippen molar-refractivity contribution in [2.75, 3.05) is 0 Å². The van der Waals surface area contributed by atoms with Crippen molar-refractivity contribution in [3.63, 3.8) is 0 Å².